The number of fused-ring (bicyclic) bond motifs is 1. The molecule has 0 aliphatic carbocycles. The van der Waals surface area contributed by atoms with Gasteiger partial charge in [-0.25, -0.2) is 14.2 Å². The van der Waals surface area contributed by atoms with Crippen LogP contribution in [0.25, 0.3) is 11.5 Å². The van der Waals surface area contributed by atoms with Crippen molar-refractivity contribution in [3.05, 3.63) is 95.2 Å². The average Bonchev–Trinajstić information content (AvgIpc) is 3.23. The van der Waals surface area contributed by atoms with Crippen molar-refractivity contribution in [1.82, 2.24) is 9.88 Å². The van der Waals surface area contributed by atoms with Gasteiger partial charge in [-0.15, -0.1) is 0 Å². The van der Waals surface area contributed by atoms with Crippen LogP contribution in [0.1, 0.15) is 35.5 Å². The van der Waals surface area contributed by atoms with Crippen molar-refractivity contribution in [2.24, 2.45) is 0 Å². The first-order valence-electron chi connectivity index (χ1n) is 11.7. The zero-order valence-corrected chi connectivity index (χ0v) is 20.1. The largest absolute Gasteiger partial charge is 0.493 e. The number of carbonyl (C=O) groups excluding carboxylic acids is 1. The number of aromatic nitrogens is 1. The first-order valence-corrected chi connectivity index (χ1v) is 11.7. The Kier molecular flexibility index (Phi) is 7.63. The maximum absolute atomic E-state index is 13.2. The molecule has 7 nitrogen and oxygen atoms in total. The van der Waals surface area contributed by atoms with E-state index in [4.69, 9.17) is 9.15 Å². The molecule has 0 spiro atoms. The lowest BCUT2D eigenvalue weighted by Gasteiger charge is -2.34. The number of carbonyl (C=O) groups is 2. The van der Waals surface area contributed by atoms with E-state index in [1.807, 2.05) is 19.9 Å². The van der Waals surface area contributed by atoms with Crippen molar-refractivity contribution in [2.75, 3.05) is 13.2 Å². The van der Waals surface area contributed by atoms with Gasteiger partial charge in [-0.2, -0.15) is 0 Å². The Hall–Kier alpha value is -4.20. The van der Waals surface area contributed by atoms with E-state index in [1.165, 1.54) is 23.1 Å². The number of hydrogen-bond acceptors (Lipinski definition) is 5. The molecule has 0 bridgehead atoms. The highest BCUT2D eigenvalue weighted by molar-refractivity contribution is 5.92. The summed E-state index contributed by atoms with van der Waals surface area (Å²) in [5.41, 5.74) is 2.84. The van der Waals surface area contributed by atoms with Crippen LogP contribution in [0.15, 0.2) is 71.2 Å². The van der Waals surface area contributed by atoms with Gasteiger partial charge in [0.05, 0.1) is 12.3 Å². The first-order chi connectivity index (χ1) is 17.4. The Balaban J connectivity index is 1.46. The number of amides is 1. The van der Waals surface area contributed by atoms with E-state index in [-0.39, 0.29) is 11.7 Å². The fraction of sp³-hybridized carbons (Fsp3) is 0.250. The van der Waals surface area contributed by atoms with Gasteiger partial charge >= 0.3 is 5.97 Å². The van der Waals surface area contributed by atoms with Crippen molar-refractivity contribution in [1.29, 1.82) is 0 Å². The van der Waals surface area contributed by atoms with E-state index in [0.29, 0.717) is 54.5 Å². The summed E-state index contributed by atoms with van der Waals surface area (Å²) >= 11 is 0. The van der Waals surface area contributed by atoms with Gasteiger partial charge in [-0.05, 0) is 67.8 Å². The predicted octanol–water partition coefficient (Wildman–Crippen LogP) is 5.05. The van der Waals surface area contributed by atoms with E-state index in [9.17, 15) is 19.1 Å². The number of rotatable bonds is 8. The molecule has 36 heavy (non-hydrogen) atoms. The number of benzene rings is 2. The van der Waals surface area contributed by atoms with Gasteiger partial charge in [0.1, 0.15) is 17.3 Å². The predicted molar refractivity (Wildman–Crippen MR) is 132 cm³/mol. The maximum atomic E-state index is 13.2. The van der Waals surface area contributed by atoms with Crippen molar-refractivity contribution in [2.45, 2.75) is 32.7 Å². The highest BCUT2D eigenvalue weighted by atomic mass is 19.1. The third kappa shape index (κ3) is 5.54. The zero-order valence-electron chi connectivity index (χ0n) is 20.1. The van der Waals surface area contributed by atoms with Crippen LogP contribution in [0.3, 0.4) is 0 Å². The lowest BCUT2D eigenvalue weighted by Crippen LogP contribution is -2.42. The molecule has 1 aromatic heterocycles. The lowest BCUT2D eigenvalue weighted by atomic mass is 9.92. The van der Waals surface area contributed by atoms with Gasteiger partial charge in [-0.1, -0.05) is 24.3 Å². The summed E-state index contributed by atoms with van der Waals surface area (Å²) in [4.78, 5) is 30.6. The van der Waals surface area contributed by atoms with E-state index in [0.717, 1.165) is 11.3 Å². The monoisotopic (exact) mass is 490 g/mol. The summed E-state index contributed by atoms with van der Waals surface area (Å²) < 4.78 is 24.8. The summed E-state index contributed by atoms with van der Waals surface area (Å²) in [5, 5.41) is 9.92. The quantitative estimate of drug-likeness (QED) is 0.351. The second-order valence-corrected chi connectivity index (χ2v) is 8.40. The molecule has 0 saturated heterocycles. The summed E-state index contributed by atoms with van der Waals surface area (Å²) in [6.07, 6.45) is 7.52. The van der Waals surface area contributed by atoms with Crippen LogP contribution in [0.4, 0.5) is 4.39 Å². The van der Waals surface area contributed by atoms with Gasteiger partial charge in [0.25, 0.3) is 0 Å². The van der Waals surface area contributed by atoms with Crippen LogP contribution in [0.5, 0.6) is 5.75 Å². The molecule has 8 heteroatoms. The maximum Gasteiger partial charge on any atom is 0.331 e. The molecule has 3 aromatic rings. The number of aryl methyl sites for hydroxylation is 1. The number of carboxylic acids is 1. The number of oxazole rings is 1. The third-order valence-electron chi connectivity index (χ3n) is 6.00. The number of nitrogens with zero attached hydrogens (tertiary/aromatic N) is 2. The third-order valence-corrected chi connectivity index (χ3v) is 6.00. The SMILES string of the molecule is CC=CC=CC(=O)N1CCc2ccc(OCCc3nc(-c4ccc(F)cc4)oc3C)cc2C1C(=O)O. The molecule has 0 fully saturated rings. The molecule has 1 N–H and O–H groups in total. The van der Waals surface area contributed by atoms with Crippen molar-refractivity contribution >= 4 is 11.9 Å². The molecule has 1 atom stereocenters. The molecule has 0 saturated carbocycles. The Morgan fingerprint density at radius 2 is 2.00 bits per heavy atom. The molecular formula is C28H27FN2O5. The number of hydrogen-bond donors (Lipinski definition) is 1. The number of carboxylic acid groups (broad SMARTS) is 1. The molecule has 1 unspecified atom stereocenters. The molecule has 186 valence electrons. The molecule has 2 heterocycles. The Labute approximate surface area is 208 Å². The topological polar surface area (TPSA) is 92.9 Å². The van der Waals surface area contributed by atoms with Gasteiger partial charge in [0.2, 0.25) is 11.8 Å². The van der Waals surface area contributed by atoms with Crippen LogP contribution in [-0.4, -0.2) is 40.0 Å². The Morgan fingerprint density at radius 1 is 1.22 bits per heavy atom. The summed E-state index contributed by atoms with van der Waals surface area (Å²) in [6, 6.07) is 10.2. The molecule has 2 aromatic carbocycles. The van der Waals surface area contributed by atoms with Gasteiger partial charge in [-0.3, -0.25) is 4.79 Å². The van der Waals surface area contributed by atoms with E-state index < -0.39 is 12.0 Å². The van der Waals surface area contributed by atoms with Crippen LogP contribution in [-0.2, 0) is 22.4 Å². The average molecular weight is 491 g/mol. The molecular weight excluding hydrogens is 463 g/mol. The normalized spacial score (nSPS) is 15.4. The number of allylic oxidation sites excluding steroid dienone is 3. The number of ether oxygens (including phenoxy) is 1. The van der Waals surface area contributed by atoms with E-state index in [1.54, 1.807) is 42.5 Å². The molecule has 1 amide bonds. The minimum atomic E-state index is -1.09. The minimum absolute atomic E-state index is 0.293. The van der Waals surface area contributed by atoms with Gasteiger partial charge in [0, 0.05) is 24.6 Å². The van der Waals surface area contributed by atoms with E-state index in [2.05, 4.69) is 4.98 Å². The highest BCUT2D eigenvalue weighted by Gasteiger charge is 2.35. The lowest BCUT2D eigenvalue weighted by molar-refractivity contribution is -0.149. The standard InChI is InChI=1S/C28H27FN2O5/c1-3-4-5-6-25(32)31-15-13-19-9-12-22(17-23(19)26(31)28(33)34)35-16-14-24-18(2)36-27(30-24)20-7-10-21(29)11-8-20/h3-12,17,26H,13-16H2,1-2H3,(H,33,34). The van der Waals surface area contributed by atoms with Crippen molar-refractivity contribution in [3.8, 4) is 17.2 Å². The Morgan fingerprint density at radius 3 is 2.72 bits per heavy atom. The van der Waals surface area contributed by atoms with E-state index >= 15 is 0 Å². The van der Waals surface area contributed by atoms with Gasteiger partial charge < -0.3 is 19.2 Å². The summed E-state index contributed by atoms with van der Waals surface area (Å²) in [6.45, 7) is 4.26. The zero-order chi connectivity index (χ0) is 25.7. The smallest absolute Gasteiger partial charge is 0.331 e. The number of halogens is 1. The summed E-state index contributed by atoms with van der Waals surface area (Å²) in [5.74, 6) is -0.200. The second kappa shape index (κ2) is 11.0. The Bertz CT molecular complexity index is 1310. The molecule has 4 rings (SSSR count). The second-order valence-electron chi connectivity index (χ2n) is 8.40. The molecule has 0 radical (unpaired) electrons. The summed E-state index contributed by atoms with van der Waals surface area (Å²) in [7, 11) is 0. The van der Waals surface area contributed by atoms with Crippen LogP contribution < -0.4 is 4.74 Å². The number of aliphatic carboxylic acids is 1. The fourth-order valence-corrected chi connectivity index (χ4v) is 4.17. The van der Waals surface area contributed by atoms with Crippen LogP contribution in [0.2, 0.25) is 0 Å². The fourth-order valence-electron chi connectivity index (χ4n) is 4.17. The van der Waals surface area contributed by atoms with Crippen LogP contribution >= 0.6 is 0 Å². The van der Waals surface area contributed by atoms with Crippen molar-refractivity contribution < 1.29 is 28.2 Å². The molecule has 1 aliphatic heterocycles. The first kappa shape index (κ1) is 24.9. The van der Waals surface area contributed by atoms with Gasteiger partial charge in [0.15, 0.2) is 6.04 Å². The molecule has 1 aliphatic rings. The van der Waals surface area contributed by atoms with Crippen LogP contribution in [0, 0.1) is 12.7 Å². The minimum Gasteiger partial charge on any atom is -0.493 e. The highest BCUT2D eigenvalue weighted by Crippen LogP contribution is 2.33. The van der Waals surface area contributed by atoms with Crippen molar-refractivity contribution in [3.63, 3.8) is 0 Å².